The lowest BCUT2D eigenvalue weighted by molar-refractivity contribution is -0.0318. The Morgan fingerprint density at radius 2 is 1.92 bits per heavy atom. The SMILES string of the molecule is CC[C@H](O[C@H](C)CO)c1ccc(-c2ccccc2F)cc1NCCO. The summed E-state index contributed by atoms with van der Waals surface area (Å²) in [6.45, 7) is 4.16. The van der Waals surface area contributed by atoms with Crippen LogP contribution in [-0.4, -0.2) is 36.1 Å². The zero-order valence-electron chi connectivity index (χ0n) is 14.7. The number of ether oxygens (including phenoxy) is 1. The van der Waals surface area contributed by atoms with Crippen LogP contribution in [0, 0.1) is 5.82 Å². The van der Waals surface area contributed by atoms with Gasteiger partial charge in [0, 0.05) is 23.4 Å². The maximum atomic E-state index is 14.1. The molecule has 0 spiro atoms. The topological polar surface area (TPSA) is 61.7 Å². The molecule has 0 aliphatic rings. The average Bonchev–Trinajstić information content (AvgIpc) is 2.64. The molecule has 0 aromatic heterocycles. The van der Waals surface area contributed by atoms with Gasteiger partial charge in [0.1, 0.15) is 5.82 Å². The van der Waals surface area contributed by atoms with Crippen molar-refractivity contribution in [2.45, 2.75) is 32.5 Å². The summed E-state index contributed by atoms with van der Waals surface area (Å²) in [4.78, 5) is 0. The highest BCUT2D eigenvalue weighted by atomic mass is 19.1. The Kier molecular flexibility index (Phi) is 7.37. The second-order valence-corrected chi connectivity index (χ2v) is 5.96. The molecule has 0 saturated carbocycles. The molecule has 2 atom stereocenters. The van der Waals surface area contributed by atoms with Gasteiger partial charge in [0.25, 0.3) is 0 Å². The van der Waals surface area contributed by atoms with Crippen LogP contribution in [0.25, 0.3) is 11.1 Å². The van der Waals surface area contributed by atoms with Gasteiger partial charge < -0.3 is 20.3 Å². The fourth-order valence-electron chi connectivity index (χ4n) is 2.76. The minimum atomic E-state index is -0.277. The van der Waals surface area contributed by atoms with Crippen LogP contribution in [-0.2, 0) is 4.74 Å². The van der Waals surface area contributed by atoms with Gasteiger partial charge in [-0.05, 0) is 31.0 Å². The third-order valence-corrected chi connectivity index (χ3v) is 4.04. The highest BCUT2D eigenvalue weighted by Gasteiger charge is 2.18. The molecular weight excluding hydrogens is 321 g/mol. The van der Waals surface area contributed by atoms with Gasteiger partial charge in [-0.15, -0.1) is 0 Å². The van der Waals surface area contributed by atoms with Crippen LogP contribution >= 0.6 is 0 Å². The molecule has 2 rings (SSSR count). The molecule has 0 unspecified atom stereocenters. The van der Waals surface area contributed by atoms with Crippen molar-refractivity contribution in [3.05, 3.63) is 53.8 Å². The first-order chi connectivity index (χ1) is 12.1. The van der Waals surface area contributed by atoms with Gasteiger partial charge in [0.15, 0.2) is 0 Å². The number of hydrogen-bond acceptors (Lipinski definition) is 4. The van der Waals surface area contributed by atoms with Crippen LogP contribution in [0.1, 0.15) is 31.9 Å². The second kappa shape index (κ2) is 9.51. The summed E-state index contributed by atoms with van der Waals surface area (Å²) in [6.07, 6.45) is 0.261. The van der Waals surface area contributed by atoms with Gasteiger partial charge in [0.2, 0.25) is 0 Å². The Bertz CT molecular complexity index is 678. The second-order valence-electron chi connectivity index (χ2n) is 5.96. The van der Waals surface area contributed by atoms with E-state index in [2.05, 4.69) is 5.32 Å². The van der Waals surface area contributed by atoms with Crippen LogP contribution in [0.4, 0.5) is 10.1 Å². The lowest BCUT2D eigenvalue weighted by Gasteiger charge is -2.24. The van der Waals surface area contributed by atoms with E-state index in [4.69, 9.17) is 9.84 Å². The van der Waals surface area contributed by atoms with Gasteiger partial charge in [-0.25, -0.2) is 4.39 Å². The monoisotopic (exact) mass is 347 g/mol. The van der Waals surface area contributed by atoms with E-state index in [1.54, 1.807) is 18.2 Å². The van der Waals surface area contributed by atoms with Gasteiger partial charge in [-0.3, -0.25) is 0 Å². The molecule has 0 bridgehead atoms. The van der Waals surface area contributed by atoms with Gasteiger partial charge in [-0.1, -0.05) is 37.3 Å². The molecule has 0 radical (unpaired) electrons. The van der Waals surface area contributed by atoms with Gasteiger partial charge in [0.05, 0.1) is 25.4 Å². The molecular formula is C20H26FNO3. The maximum Gasteiger partial charge on any atom is 0.131 e. The molecule has 2 aromatic carbocycles. The minimum Gasteiger partial charge on any atom is -0.395 e. The number of aliphatic hydroxyl groups excluding tert-OH is 2. The van der Waals surface area contributed by atoms with Crippen molar-refractivity contribution in [1.29, 1.82) is 0 Å². The first kappa shape index (κ1) is 19.4. The number of halogens is 1. The van der Waals surface area contributed by atoms with Crippen LogP contribution in [0.3, 0.4) is 0 Å². The van der Waals surface area contributed by atoms with Crippen molar-refractivity contribution in [2.24, 2.45) is 0 Å². The fraction of sp³-hybridized carbons (Fsp3) is 0.400. The largest absolute Gasteiger partial charge is 0.395 e. The highest BCUT2D eigenvalue weighted by Crippen LogP contribution is 2.34. The first-order valence-electron chi connectivity index (χ1n) is 8.60. The quantitative estimate of drug-likeness (QED) is 0.647. The Morgan fingerprint density at radius 3 is 2.56 bits per heavy atom. The van der Waals surface area contributed by atoms with Crippen molar-refractivity contribution >= 4 is 5.69 Å². The Balaban J connectivity index is 2.40. The number of hydrogen-bond donors (Lipinski definition) is 3. The molecule has 0 amide bonds. The maximum absolute atomic E-state index is 14.1. The van der Waals surface area contributed by atoms with Crippen LogP contribution in [0.5, 0.6) is 0 Å². The van der Waals surface area contributed by atoms with Crippen LogP contribution in [0.15, 0.2) is 42.5 Å². The van der Waals surface area contributed by atoms with Gasteiger partial charge >= 0.3 is 0 Å². The van der Waals surface area contributed by atoms with E-state index >= 15 is 0 Å². The summed E-state index contributed by atoms with van der Waals surface area (Å²) in [5.41, 5.74) is 3.01. The molecule has 3 N–H and O–H groups in total. The smallest absolute Gasteiger partial charge is 0.131 e. The third-order valence-electron chi connectivity index (χ3n) is 4.04. The number of rotatable bonds is 9. The van der Waals surface area contributed by atoms with Crippen molar-refractivity contribution in [2.75, 3.05) is 25.1 Å². The van der Waals surface area contributed by atoms with E-state index < -0.39 is 0 Å². The summed E-state index contributed by atoms with van der Waals surface area (Å²) >= 11 is 0. The standard InChI is InChI=1S/C20H26FNO3/c1-3-20(25-14(2)13-24)17-9-8-15(12-19(17)22-10-11-23)16-6-4-5-7-18(16)21/h4-9,12,14,20,22-24H,3,10-11,13H2,1-2H3/t14-,20+/m1/s1. The molecule has 0 saturated heterocycles. The first-order valence-corrected chi connectivity index (χ1v) is 8.60. The zero-order valence-corrected chi connectivity index (χ0v) is 14.7. The summed E-state index contributed by atoms with van der Waals surface area (Å²) in [5.74, 6) is -0.277. The predicted molar refractivity (Wildman–Crippen MR) is 98.1 cm³/mol. The lowest BCUT2D eigenvalue weighted by Crippen LogP contribution is -2.18. The minimum absolute atomic E-state index is 0.00590. The fourth-order valence-corrected chi connectivity index (χ4v) is 2.76. The molecule has 0 heterocycles. The summed E-state index contributed by atoms with van der Waals surface area (Å²) in [5, 5.41) is 21.6. The van der Waals surface area contributed by atoms with Gasteiger partial charge in [-0.2, -0.15) is 0 Å². The molecule has 0 fully saturated rings. The third kappa shape index (κ3) is 5.01. The molecule has 0 aliphatic carbocycles. The Labute approximate surface area is 148 Å². The predicted octanol–water partition coefficient (Wildman–Crippen LogP) is 3.75. The number of aliphatic hydroxyl groups is 2. The number of benzene rings is 2. The Hall–Kier alpha value is -1.95. The van der Waals surface area contributed by atoms with Crippen LogP contribution < -0.4 is 5.32 Å². The normalized spacial score (nSPS) is 13.5. The summed E-state index contributed by atoms with van der Waals surface area (Å²) in [6, 6.07) is 12.3. The van der Waals surface area contributed by atoms with E-state index in [0.29, 0.717) is 12.1 Å². The summed E-state index contributed by atoms with van der Waals surface area (Å²) in [7, 11) is 0. The highest BCUT2D eigenvalue weighted by molar-refractivity contribution is 5.71. The lowest BCUT2D eigenvalue weighted by atomic mass is 9.98. The molecule has 2 aromatic rings. The van der Waals surface area contributed by atoms with Crippen molar-refractivity contribution in [1.82, 2.24) is 0 Å². The molecule has 136 valence electrons. The number of anilines is 1. The van der Waals surface area contributed by atoms with E-state index in [9.17, 15) is 9.50 Å². The van der Waals surface area contributed by atoms with E-state index in [1.165, 1.54) is 6.07 Å². The number of nitrogens with one attached hydrogen (secondary N) is 1. The Morgan fingerprint density at radius 1 is 1.16 bits per heavy atom. The molecule has 0 aliphatic heterocycles. The zero-order chi connectivity index (χ0) is 18.2. The van der Waals surface area contributed by atoms with Crippen molar-refractivity contribution in [3.63, 3.8) is 0 Å². The average molecular weight is 347 g/mol. The van der Waals surface area contributed by atoms with E-state index in [0.717, 1.165) is 23.2 Å². The van der Waals surface area contributed by atoms with Crippen LogP contribution in [0.2, 0.25) is 0 Å². The van der Waals surface area contributed by atoms with Crippen molar-refractivity contribution in [3.8, 4) is 11.1 Å². The van der Waals surface area contributed by atoms with E-state index in [1.807, 2.05) is 32.0 Å². The molecule has 25 heavy (non-hydrogen) atoms. The molecule has 5 heteroatoms. The summed E-state index contributed by atoms with van der Waals surface area (Å²) < 4.78 is 20.0. The van der Waals surface area contributed by atoms with Crippen molar-refractivity contribution < 1.29 is 19.3 Å². The van der Waals surface area contributed by atoms with E-state index in [-0.39, 0.29) is 31.2 Å². The molecule has 4 nitrogen and oxygen atoms in total.